The van der Waals surface area contributed by atoms with E-state index < -0.39 is 10.0 Å². The second-order valence-electron chi connectivity index (χ2n) is 5.71. The van der Waals surface area contributed by atoms with Crippen molar-refractivity contribution in [3.8, 4) is 0 Å². The maximum Gasteiger partial charge on any atom is 0.236 e. The molecule has 0 unspecified atom stereocenters. The zero-order chi connectivity index (χ0) is 18.7. The quantitative estimate of drug-likeness (QED) is 0.571. The zero-order valence-electron chi connectivity index (χ0n) is 15.6. The molecule has 3 nitrogen and oxygen atoms in total. The van der Waals surface area contributed by atoms with E-state index in [-0.39, 0.29) is 0 Å². The van der Waals surface area contributed by atoms with Crippen molar-refractivity contribution >= 4 is 15.6 Å². The van der Waals surface area contributed by atoms with Crippen LogP contribution in [0.3, 0.4) is 0 Å². The van der Waals surface area contributed by atoms with E-state index in [0.29, 0.717) is 19.5 Å². The molecule has 1 rings (SSSR count). The first-order chi connectivity index (χ1) is 11.9. The summed E-state index contributed by atoms with van der Waals surface area (Å²) in [4.78, 5) is 0. The van der Waals surface area contributed by atoms with Crippen molar-refractivity contribution in [1.82, 2.24) is 4.31 Å². The molecular formula is C21H29NO2S. The van der Waals surface area contributed by atoms with Crippen molar-refractivity contribution in [2.45, 2.75) is 34.1 Å². The third kappa shape index (κ3) is 7.24. The molecule has 0 aromatic heterocycles. The van der Waals surface area contributed by atoms with Crippen LogP contribution < -0.4 is 0 Å². The van der Waals surface area contributed by atoms with Crippen LogP contribution in [-0.2, 0) is 10.0 Å². The van der Waals surface area contributed by atoms with Gasteiger partial charge < -0.3 is 0 Å². The predicted molar refractivity (Wildman–Crippen MR) is 109 cm³/mol. The highest BCUT2D eigenvalue weighted by Gasteiger charge is 2.17. The molecular weight excluding hydrogens is 330 g/mol. The monoisotopic (exact) mass is 359 g/mol. The highest BCUT2D eigenvalue weighted by Crippen LogP contribution is 2.19. The van der Waals surface area contributed by atoms with Gasteiger partial charge in [-0.05, 0) is 44.4 Å². The van der Waals surface area contributed by atoms with E-state index >= 15 is 0 Å². The fourth-order valence-electron chi connectivity index (χ4n) is 2.51. The van der Waals surface area contributed by atoms with Gasteiger partial charge in [-0.15, -0.1) is 0 Å². The van der Waals surface area contributed by atoms with Gasteiger partial charge >= 0.3 is 0 Å². The number of benzene rings is 1. The van der Waals surface area contributed by atoms with Crippen LogP contribution in [0.25, 0.3) is 5.57 Å². The number of hydrogen-bond acceptors (Lipinski definition) is 2. The first-order valence-corrected chi connectivity index (χ1v) is 10.1. The topological polar surface area (TPSA) is 37.4 Å². The Morgan fingerprint density at radius 1 is 1.16 bits per heavy atom. The molecule has 0 radical (unpaired) electrons. The van der Waals surface area contributed by atoms with Crippen molar-refractivity contribution < 1.29 is 8.42 Å². The summed E-state index contributed by atoms with van der Waals surface area (Å²) in [6.07, 6.45) is 10.00. The first kappa shape index (κ1) is 21.1. The Morgan fingerprint density at radius 2 is 1.84 bits per heavy atom. The lowest BCUT2D eigenvalue weighted by Gasteiger charge is -2.19. The van der Waals surface area contributed by atoms with Crippen LogP contribution in [0.4, 0.5) is 0 Å². The summed E-state index contributed by atoms with van der Waals surface area (Å²) < 4.78 is 26.5. The third-order valence-electron chi connectivity index (χ3n) is 3.88. The van der Waals surface area contributed by atoms with Gasteiger partial charge in [-0.1, -0.05) is 67.1 Å². The van der Waals surface area contributed by atoms with Crippen LogP contribution in [0.2, 0.25) is 0 Å². The number of rotatable bonds is 9. The molecule has 0 saturated heterocycles. The molecule has 0 bridgehead atoms. The maximum atomic E-state index is 12.5. The molecule has 0 amide bonds. The van der Waals surface area contributed by atoms with Crippen molar-refractivity contribution in [2.75, 3.05) is 13.1 Å². The molecule has 0 saturated carbocycles. The smallest absolute Gasteiger partial charge is 0.208 e. The van der Waals surface area contributed by atoms with Crippen molar-refractivity contribution in [3.63, 3.8) is 0 Å². The van der Waals surface area contributed by atoms with Crippen LogP contribution in [0.1, 0.15) is 39.7 Å². The van der Waals surface area contributed by atoms with E-state index in [0.717, 1.165) is 16.7 Å². The fourth-order valence-corrected chi connectivity index (χ4v) is 3.67. The van der Waals surface area contributed by atoms with Crippen LogP contribution in [0.5, 0.6) is 0 Å². The van der Waals surface area contributed by atoms with Gasteiger partial charge in [-0.2, -0.15) is 4.31 Å². The third-order valence-corrected chi connectivity index (χ3v) is 5.54. The van der Waals surface area contributed by atoms with Gasteiger partial charge in [0, 0.05) is 18.5 Å². The molecule has 0 aliphatic rings. The van der Waals surface area contributed by atoms with E-state index in [9.17, 15) is 8.42 Å². The fraction of sp³-hybridized carbons (Fsp3) is 0.333. The van der Waals surface area contributed by atoms with E-state index in [4.69, 9.17) is 0 Å². The molecule has 136 valence electrons. The number of nitrogens with zero attached hydrogens (tertiary/aromatic N) is 1. The Balaban J connectivity index is 2.80. The van der Waals surface area contributed by atoms with Gasteiger partial charge in [0.2, 0.25) is 10.0 Å². The van der Waals surface area contributed by atoms with Gasteiger partial charge in [0.05, 0.1) is 0 Å². The molecule has 0 heterocycles. The molecule has 4 heteroatoms. The molecule has 0 fully saturated rings. The number of sulfonamides is 1. The minimum atomic E-state index is -3.41. The lowest BCUT2D eigenvalue weighted by Crippen LogP contribution is -2.30. The summed E-state index contributed by atoms with van der Waals surface area (Å²) in [5.41, 5.74) is 3.30. The maximum absolute atomic E-state index is 12.5. The standard InChI is InChI=1S/C21H29NO2S/c1-5-12-19(4)13-11-18-25(23,24)22(7-3)17-16-20(6-2)21-14-9-8-10-15-21/h5-6,8-15,18H,7,16-17H2,1-4H3/b12-5-,18-11+,19-13-,20-6+. The Hall–Kier alpha value is -1.91. The largest absolute Gasteiger partial charge is 0.236 e. The Morgan fingerprint density at radius 3 is 2.40 bits per heavy atom. The molecule has 0 aliphatic heterocycles. The average molecular weight is 360 g/mol. The summed E-state index contributed by atoms with van der Waals surface area (Å²) in [5.74, 6) is 0. The van der Waals surface area contributed by atoms with Crippen LogP contribution in [0, 0.1) is 0 Å². The Labute approximate surface area is 153 Å². The summed E-state index contributed by atoms with van der Waals surface area (Å²) >= 11 is 0. The minimum absolute atomic E-state index is 0.454. The lowest BCUT2D eigenvalue weighted by atomic mass is 10.0. The molecule has 1 aromatic carbocycles. The van der Waals surface area contributed by atoms with E-state index in [1.807, 2.05) is 58.0 Å². The molecule has 1 aromatic rings. The molecule has 0 atom stereocenters. The zero-order valence-corrected chi connectivity index (χ0v) is 16.5. The lowest BCUT2D eigenvalue weighted by molar-refractivity contribution is 0.442. The Bertz CT molecular complexity index is 741. The molecule has 0 N–H and O–H groups in total. The number of hydrogen-bond donors (Lipinski definition) is 0. The molecule has 0 aliphatic carbocycles. The molecule has 25 heavy (non-hydrogen) atoms. The summed E-state index contributed by atoms with van der Waals surface area (Å²) in [6, 6.07) is 10.1. The second kappa shape index (κ2) is 10.9. The summed E-state index contributed by atoms with van der Waals surface area (Å²) in [6.45, 7) is 8.65. The molecule has 0 spiro atoms. The van der Waals surface area contributed by atoms with Gasteiger partial charge in [-0.25, -0.2) is 8.42 Å². The second-order valence-corrected chi connectivity index (χ2v) is 7.52. The van der Waals surface area contributed by atoms with Crippen LogP contribution in [0.15, 0.2) is 71.7 Å². The van der Waals surface area contributed by atoms with E-state index in [1.165, 1.54) is 9.71 Å². The van der Waals surface area contributed by atoms with Gasteiger partial charge in [0.1, 0.15) is 0 Å². The summed E-state index contributed by atoms with van der Waals surface area (Å²) in [5, 5.41) is 1.28. The van der Waals surface area contributed by atoms with Gasteiger partial charge in [0.15, 0.2) is 0 Å². The minimum Gasteiger partial charge on any atom is -0.208 e. The van der Waals surface area contributed by atoms with Crippen LogP contribution >= 0.6 is 0 Å². The number of allylic oxidation sites excluding steroid dienone is 6. The normalized spacial score (nSPS) is 14.1. The van der Waals surface area contributed by atoms with E-state index in [1.54, 1.807) is 12.2 Å². The van der Waals surface area contributed by atoms with Gasteiger partial charge in [0.25, 0.3) is 0 Å². The van der Waals surface area contributed by atoms with Crippen molar-refractivity contribution in [1.29, 1.82) is 0 Å². The first-order valence-electron chi connectivity index (χ1n) is 8.63. The predicted octanol–water partition coefficient (Wildman–Crippen LogP) is 5.17. The SMILES string of the molecule is C\C=C/C(C)=C\C=C\S(=O)(=O)N(CC)CC/C(=C\C)c1ccccc1. The highest BCUT2D eigenvalue weighted by atomic mass is 32.2. The summed E-state index contributed by atoms with van der Waals surface area (Å²) in [7, 11) is -3.41. The highest BCUT2D eigenvalue weighted by molar-refractivity contribution is 7.92. The average Bonchev–Trinajstić information content (AvgIpc) is 2.59. The van der Waals surface area contributed by atoms with Crippen molar-refractivity contribution in [3.05, 3.63) is 77.3 Å². The van der Waals surface area contributed by atoms with Crippen molar-refractivity contribution in [2.24, 2.45) is 0 Å². The van der Waals surface area contributed by atoms with Gasteiger partial charge in [-0.3, -0.25) is 0 Å². The Kier molecular flexibility index (Phi) is 9.17. The van der Waals surface area contributed by atoms with E-state index in [2.05, 4.69) is 18.2 Å². The van der Waals surface area contributed by atoms with Crippen LogP contribution in [-0.4, -0.2) is 25.8 Å².